The Hall–Kier alpha value is -1.62. The SMILES string of the molecule is CCC(C)(NC(=O)c1ccc(OC)cc1)C(N)=S. The van der Waals surface area contributed by atoms with E-state index in [-0.39, 0.29) is 10.9 Å². The molecule has 1 unspecified atom stereocenters. The van der Waals surface area contributed by atoms with E-state index in [1.54, 1.807) is 31.4 Å². The van der Waals surface area contributed by atoms with Gasteiger partial charge in [0.25, 0.3) is 5.91 Å². The molecule has 0 fully saturated rings. The standard InChI is InChI=1S/C13H18N2O2S/c1-4-13(2,12(14)18)15-11(16)9-5-7-10(17-3)8-6-9/h5-8H,4H2,1-3H3,(H2,14,18)(H,15,16). The minimum Gasteiger partial charge on any atom is -0.497 e. The summed E-state index contributed by atoms with van der Waals surface area (Å²) in [6.45, 7) is 3.74. The number of carbonyl (C=O) groups is 1. The Balaban J connectivity index is 2.84. The van der Waals surface area contributed by atoms with Gasteiger partial charge in [-0.1, -0.05) is 19.1 Å². The van der Waals surface area contributed by atoms with E-state index in [9.17, 15) is 4.79 Å². The van der Waals surface area contributed by atoms with Crippen LogP contribution in [-0.4, -0.2) is 23.5 Å². The van der Waals surface area contributed by atoms with Crippen molar-refractivity contribution in [3.63, 3.8) is 0 Å². The molecule has 0 aromatic heterocycles. The van der Waals surface area contributed by atoms with Gasteiger partial charge in [-0.3, -0.25) is 4.79 Å². The largest absolute Gasteiger partial charge is 0.497 e. The van der Waals surface area contributed by atoms with Gasteiger partial charge in [0.2, 0.25) is 0 Å². The van der Waals surface area contributed by atoms with Gasteiger partial charge >= 0.3 is 0 Å². The Labute approximate surface area is 113 Å². The quantitative estimate of drug-likeness (QED) is 0.799. The number of amides is 1. The molecule has 1 atom stereocenters. The molecule has 0 heterocycles. The molecule has 4 nitrogen and oxygen atoms in total. The Bertz CT molecular complexity index is 445. The number of ether oxygens (including phenoxy) is 1. The Morgan fingerprint density at radius 3 is 2.39 bits per heavy atom. The highest BCUT2D eigenvalue weighted by molar-refractivity contribution is 7.80. The highest BCUT2D eigenvalue weighted by Gasteiger charge is 2.27. The number of hydrogen-bond donors (Lipinski definition) is 2. The molecule has 98 valence electrons. The topological polar surface area (TPSA) is 64.3 Å². The average molecular weight is 266 g/mol. The van der Waals surface area contributed by atoms with Gasteiger partial charge in [0.15, 0.2) is 0 Å². The maximum Gasteiger partial charge on any atom is 0.252 e. The van der Waals surface area contributed by atoms with Crippen LogP contribution in [0.4, 0.5) is 0 Å². The molecule has 0 aliphatic carbocycles. The van der Waals surface area contributed by atoms with Crippen LogP contribution in [0, 0.1) is 0 Å². The molecule has 1 aromatic carbocycles. The minimum atomic E-state index is -0.660. The van der Waals surface area contributed by atoms with Gasteiger partial charge in [-0.05, 0) is 37.6 Å². The normalized spacial score (nSPS) is 13.5. The summed E-state index contributed by atoms with van der Waals surface area (Å²) in [5, 5.41) is 2.85. The van der Waals surface area contributed by atoms with Crippen LogP contribution < -0.4 is 15.8 Å². The molecule has 0 bridgehead atoms. The summed E-state index contributed by atoms with van der Waals surface area (Å²) in [6.07, 6.45) is 0.643. The van der Waals surface area contributed by atoms with Crippen molar-refractivity contribution >= 4 is 23.1 Å². The second-order valence-electron chi connectivity index (χ2n) is 4.23. The zero-order valence-corrected chi connectivity index (χ0v) is 11.6. The van der Waals surface area contributed by atoms with Gasteiger partial charge in [0.1, 0.15) is 5.75 Å². The number of hydrogen-bond acceptors (Lipinski definition) is 3. The Morgan fingerprint density at radius 1 is 1.44 bits per heavy atom. The fourth-order valence-corrected chi connectivity index (χ4v) is 1.58. The summed E-state index contributed by atoms with van der Waals surface area (Å²) >= 11 is 4.98. The molecular formula is C13H18N2O2S. The number of benzene rings is 1. The molecule has 0 spiro atoms. The maximum absolute atomic E-state index is 12.1. The van der Waals surface area contributed by atoms with Gasteiger partial charge in [0.05, 0.1) is 17.6 Å². The lowest BCUT2D eigenvalue weighted by Gasteiger charge is -2.28. The Kier molecular flexibility index (Phi) is 4.67. The van der Waals surface area contributed by atoms with E-state index in [1.807, 2.05) is 13.8 Å². The lowest BCUT2D eigenvalue weighted by atomic mass is 9.98. The van der Waals surface area contributed by atoms with Crippen LogP contribution in [0.5, 0.6) is 5.75 Å². The van der Waals surface area contributed by atoms with Crippen molar-refractivity contribution in [3.8, 4) is 5.75 Å². The number of methoxy groups -OCH3 is 1. The molecule has 5 heteroatoms. The summed E-state index contributed by atoms with van der Waals surface area (Å²) in [5.41, 5.74) is 5.54. The summed E-state index contributed by atoms with van der Waals surface area (Å²) in [6, 6.07) is 6.87. The lowest BCUT2D eigenvalue weighted by molar-refractivity contribution is 0.0926. The summed E-state index contributed by atoms with van der Waals surface area (Å²) in [7, 11) is 1.58. The first kappa shape index (κ1) is 14.4. The van der Waals surface area contributed by atoms with Crippen LogP contribution in [0.1, 0.15) is 30.6 Å². The smallest absolute Gasteiger partial charge is 0.252 e. The van der Waals surface area contributed by atoms with Gasteiger partial charge in [-0.2, -0.15) is 0 Å². The van der Waals surface area contributed by atoms with Gasteiger partial charge in [-0.25, -0.2) is 0 Å². The minimum absolute atomic E-state index is 0.199. The first-order valence-electron chi connectivity index (χ1n) is 5.69. The number of rotatable bonds is 5. The third-order valence-electron chi connectivity index (χ3n) is 2.99. The van der Waals surface area contributed by atoms with Crippen molar-refractivity contribution in [1.82, 2.24) is 5.32 Å². The van der Waals surface area contributed by atoms with Crippen molar-refractivity contribution < 1.29 is 9.53 Å². The van der Waals surface area contributed by atoms with Crippen LogP contribution in [0.15, 0.2) is 24.3 Å². The predicted octanol–water partition coefficient (Wildman–Crippen LogP) is 1.88. The van der Waals surface area contributed by atoms with E-state index >= 15 is 0 Å². The maximum atomic E-state index is 12.1. The third-order valence-corrected chi connectivity index (χ3v) is 3.44. The molecule has 0 saturated carbocycles. The summed E-state index contributed by atoms with van der Waals surface area (Å²) in [4.78, 5) is 12.3. The van der Waals surface area contributed by atoms with Crippen LogP contribution in [0.3, 0.4) is 0 Å². The fraction of sp³-hybridized carbons (Fsp3) is 0.385. The van der Waals surface area contributed by atoms with Crippen molar-refractivity contribution in [3.05, 3.63) is 29.8 Å². The highest BCUT2D eigenvalue weighted by atomic mass is 32.1. The fourth-order valence-electron chi connectivity index (χ4n) is 1.39. The van der Waals surface area contributed by atoms with Crippen LogP contribution in [-0.2, 0) is 0 Å². The van der Waals surface area contributed by atoms with Crippen LogP contribution >= 0.6 is 12.2 Å². The molecule has 0 radical (unpaired) electrons. The molecule has 3 N–H and O–H groups in total. The van der Waals surface area contributed by atoms with E-state index < -0.39 is 5.54 Å². The molecule has 0 saturated heterocycles. The molecule has 0 aliphatic rings. The first-order chi connectivity index (χ1) is 8.42. The summed E-state index contributed by atoms with van der Waals surface area (Å²) < 4.78 is 5.04. The van der Waals surface area contributed by atoms with E-state index in [0.29, 0.717) is 17.7 Å². The van der Waals surface area contributed by atoms with Crippen LogP contribution in [0.2, 0.25) is 0 Å². The van der Waals surface area contributed by atoms with E-state index in [2.05, 4.69) is 5.32 Å². The van der Waals surface area contributed by atoms with Gasteiger partial charge < -0.3 is 15.8 Å². The van der Waals surface area contributed by atoms with Crippen LogP contribution in [0.25, 0.3) is 0 Å². The highest BCUT2D eigenvalue weighted by Crippen LogP contribution is 2.14. The van der Waals surface area contributed by atoms with Crippen molar-refractivity contribution in [2.45, 2.75) is 25.8 Å². The average Bonchev–Trinajstić information content (AvgIpc) is 2.38. The molecule has 0 aliphatic heterocycles. The van der Waals surface area contributed by atoms with Crippen molar-refractivity contribution in [2.24, 2.45) is 5.73 Å². The predicted molar refractivity (Wildman–Crippen MR) is 75.9 cm³/mol. The number of nitrogens with two attached hydrogens (primary N) is 1. The monoisotopic (exact) mass is 266 g/mol. The summed E-state index contributed by atoms with van der Waals surface area (Å²) in [5.74, 6) is 0.508. The van der Waals surface area contributed by atoms with Gasteiger partial charge in [-0.15, -0.1) is 0 Å². The van der Waals surface area contributed by atoms with E-state index in [1.165, 1.54) is 0 Å². The van der Waals surface area contributed by atoms with Crippen molar-refractivity contribution in [1.29, 1.82) is 0 Å². The second kappa shape index (κ2) is 5.82. The number of thiocarbonyl (C=S) groups is 1. The van der Waals surface area contributed by atoms with Gasteiger partial charge in [0, 0.05) is 5.56 Å². The number of carbonyl (C=O) groups excluding carboxylic acids is 1. The first-order valence-corrected chi connectivity index (χ1v) is 6.10. The number of nitrogens with one attached hydrogen (secondary N) is 1. The third kappa shape index (κ3) is 3.20. The zero-order valence-electron chi connectivity index (χ0n) is 10.8. The molecule has 1 amide bonds. The van der Waals surface area contributed by atoms with E-state index in [4.69, 9.17) is 22.7 Å². The molecule has 1 rings (SSSR count). The van der Waals surface area contributed by atoms with Crippen molar-refractivity contribution in [2.75, 3.05) is 7.11 Å². The zero-order chi connectivity index (χ0) is 13.8. The molecular weight excluding hydrogens is 248 g/mol. The van der Waals surface area contributed by atoms with E-state index in [0.717, 1.165) is 0 Å². The molecule has 1 aromatic rings. The second-order valence-corrected chi connectivity index (χ2v) is 4.67. The molecule has 18 heavy (non-hydrogen) atoms. The Morgan fingerprint density at radius 2 is 2.00 bits per heavy atom. The lowest BCUT2D eigenvalue weighted by Crippen LogP contribution is -2.54.